The molecular weight excluding hydrogens is 799 g/mol. The fourth-order valence-corrected chi connectivity index (χ4v) is 10.8. The summed E-state index contributed by atoms with van der Waals surface area (Å²) in [7, 11) is 0. The van der Waals surface area contributed by atoms with Gasteiger partial charge in [0.15, 0.2) is 17.5 Å². The van der Waals surface area contributed by atoms with Crippen LogP contribution in [-0.4, -0.2) is 15.0 Å². The van der Waals surface area contributed by atoms with Gasteiger partial charge in [-0.3, -0.25) is 0 Å². The van der Waals surface area contributed by atoms with Gasteiger partial charge in [0.25, 0.3) is 0 Å². The average molecular weight is 846 g/mol. The molecule has 0 bridgehead atoms. The first-order chi connectivity index (χ1) is 32.5. The van der Waals surface area contributed by atoms with Crippen molar-refractivity contribution in [1.29, 1.82) is 0 Å². The molecule has 0 radical (unpaired) electrons. The van der Waals surface area contributed by atoms with E-state index < -0.39 is 5.41 Å². The van der Waals surface area contributed by atoms with Crippen molar-refractivity contribution >= 4 is 0 Å². The predicted molar refractivity (Wildman–Crippen MR) is 270 cm³/mol. The molecule has 2 aliphatic rings. The Labute approximate surface area is 387 Å². The van der Waals surface area contributed by atoms with Crippen LogP contribution >= 0.6 is 0 Å². The summed E-state index contributed by atoms with van der Waals surface area (Å²) in [4.78, 5) is 15.1. The molecule has 0 saturated carbocycles. The fourth-order valence-electron chi connectivity index (χ4n) is 10.8. The van der Waals surface area contributed by atoms with Gasteiger partial charge in [0, 0.05) is 22.6 Å². The van der Waals surface area contributed by atoms with Crippen LogP contribution in [0.4, 0.5) is 0 Å². The second-order valence-electron chi connectivity index (χ2n) is 18.2. The maximum absolute atomic E-state index is 5.06. The summed E-state index contributed by atoms with van der Waals surface area (Å²) >= 11 is 0. The molecule has 0 amide bonds. The Bertz CT molecular complexity index is 3290. The van der Waals surface area contributed by atoms with Gasteiger partial charge in [0.05, 0.1) is 5.41 Å². The van der Waals surface area contributed by atoms with Crippen LogP contribution in [0, 0.1) is 5.92 Å². The van der Waals surface area contributed by atoms with Gasteiger partial charge in [0.1, 0.15) is 0 Å². The van der Waals surface area contributed by atoms with E-state index in [1.165, 1.54) is 77.9 Å². The fraction of sp³-hybridized carbons (Fsp3) is 0.0952. The predicted octanol–water partition coefficient (Wildman–Crippen LogP) is 15.3. The van der Waals surface area contributed by atoms with E-state index in [1.54, 1.807) is 0 Å². The van der Waals surface area contributed by atoms with Gasteiger partial charge >= 0.3 is 0 Å². The largest absolute Gasteiger partial charge is 0.208 e. The zero-order valence-corrected chi connectivity index (χ0v) is 37.1. The molecule has 0 saturated heterocycles. The minimum absolute atomic E-state index is 0.132. The lowest BCUT2D eigenvalue weighted by molar-refractivity contribution is 0.647. The first-order valence-electron chi connectivity index (χ1n) is 23.1. The monoisotopic (exact) mass is 845 g/mol. The number of aromatic nitrogens is 3. The van der Waals surface area contributed by atoms with Crippen LogP contribution < -0.4 is 0 Å². The van der Waals surface area contributed by atoms with Crippen LogP contribution in [0.15, 0.2) is 224 Å². The summed E-state index contributed by atoms with van der Waals surface area (Å²) in [6, 6.07) is 81.9. The first-order valence-corrected chi connectivity index (χ1v) is 23.1. The van der Waals surface area contributed by atoms with Gasteiger partial charge in [-0.05, 0) is 96.3 Å². The molecule has 314 valence electrons. The van der Waals surface area contributed by atoms with E-state index in [2.05, 4.69) is 202 Å². The smallest absolute Gasteiger partial charge is 0.164 e. The lowest BCUT2D eigenvalue weighted by atomic mass is 9.67. The summed E-state index contributed by atoms with van der Waals surface area (Å²) in [6.07, 6.45) is 1.10. The molecule has 66 heavy (non-hydrogen) atoms. The number of fused-ring (bicyclic) bond motifs is 6. The Balaban J connectivity index is 0.960. The van der Waals surface area contributed by atoms with Crippen molar-refractivity contribution in [2.75, 3.05) is 0 Å². The summed E-state index contributed by atoms with van der Waals surface area (Å²) in [5.41, 5.74) is 20.4. The normalized spacial score (nSPS) is 14.1. The Hall–Kier alpha value is -8.01. The van der Waals surface area contributed by atoms with Crippen molar-refractivity contribution in [1.82, 2.24) is 15.0 Å². The molecule has 1 heterocycles. The van der Waals surface area contributed by atoms with Gasteiger partial charge in [-0.1, -0.05) is 232 Å². The quantitative estimate of drug-likeness (QED) is 0.145. The van der Waals surface area contributed by atoms with Crippen molar-refractivity contribution < 1.29 is 0 Å². The highest BCUT2D eigenvalue weighted by Gasteiger charge is 2.46. The number of hydrogen-bond donors (Lipinski definition) is 0. The van der Waals surface area contributed by atoms with E-state index in [0.29, 0.717) is 23.4 Å². The minimum atomic E-state index is -0.557. The summed E-state index contributed by atoms with van der Waals surface area (Å²) in [6.45, 7) is 4.56. The molecule has 3 nitrogen and oxygen atoms in total. The second kappa shape index (κ2) is 16.2. The Kier molecular flexibility index (Phi) is 9.72. The van der Waals surface area contributed by atoms with Gasteiger partial charge in [-0.15, -0.1) is 0 Å². The molecule has 3 heteroatoms. The lowest BCUT2D eigenvalue weighted by Crippen LogP contribution is -2.28. The standard InChI is InChI=1S/C63H47N3/c1-41(2)39-42-25-27-43(28-26-42)48-33-38-55-56(40-48)51-19-9-10-22-54(51)59(55)44-29-34-49(35-30-44)63(57-23-13-11-20-52(57)53-21-12-14-24-58(53)63)50-36-31-47(32-37-50)62-65-60(45-15-5-3-6-16-45)64-61(66-62)46-17-7-4-8-18-46/h3-38,40-41,59H,39H2,1-2H3. The zero-order chi connectivity index (χ0) is 44.2. The topological polar surface area (TPSA) is 38.7 Å². The maximum atomic E-state index is 5.06. The third-order valence-corrected chi connectivity index (χ3v) is 13.8. The van der Waals surface area contributed by atoms with Crippen LogP contribution in [0.2, 0.25) is 0 Å². The molecule has 12 rings (SSSR count). The van der Waals surface area contributed by atoms with Crippen LogP contribution in [0.5, 0.6) is 0 Å². The summed E-state index contributed by atoms with van der Waals surface area (Å²) in [5, 5.41) is 0. The molecule has 0 fully saturated rings. The Morgan fingerprint density at radius 1 is 0.379 bits per heavy atom. The molecule has 1 aromatic heterocycles. The Morgan fingerprint density at radius 3 is 1.38 bits per heavy atom. The number of benzene rings is 9. The van der Waals surface area contributed by atoms with Gasteiger partial charge < -0.3 is 0 Å². The van der Waals surface area contributed by atoms with E-state index in [-0.39, 0.29) is 5.92 Å². The summed E-state index contributed by atoms with van der Waals surface area (Å²) in [5.74, 6) is 2.71. The third kappa shape index (κ3) is 6.61. The Morgan fingerprint density at radius 2 is 0.818 bits per heavy atom. The van der Waals surface area contributed by atoms with E-state index in [9.17, 15) is 0 Å². The number of rotatable bonds is 9. The van der Waals surface area contributed by atoms with Gasteiger partial charge in [-0.25, -0.2) is 15.0 Å². The van der Waals surface area contributed by atoms with Gasteiger partial charge in [0.2, 0.25) is 0 Å². The average Bonchev–Trinajstić information content (AvgIpc) is 3.87. The van der Waals surface area contributed by atoms with Crippen LogP contribution in [-0.2, 0) is 11.8 Å². The SMILES string of the molecule is CC(C)Cc1ccc(-c2ccc3c(c2)-c2ccccc2C3c2ccc(C3(c4ccc(-c5nc(-c6ccccc6)nc(-c6ccccc6)n5)cc4)c4ccccc4-c4ccccc43)cc2)cc1. The van der Waals surface area contributed by atoms with Crippen LogP contribution in [0.25, 0.3) is 67.5 Å². The van der Waals surface area contributed by atoms with E-state index in [0.717, 1.165) is 23.1 Å². The maximum Gasteiger partial charge on any atom is 0.164 e. The summed E-state index contributed by atoms with van der Waals surface area (Å²) < 4.78 is 0. The molecule has 10 aromatic rings. The molecule has 0 N–H and O–H groups in total. The highest BCUT2D eigenvalue weighted by molar-refractivity contribution is 5.87. The van der Waals surface area contributed by atoms with Crippen molar-refractivity contribution in [3.8, 4) is 67.5 Å². The molecule has 0 spiro atoms. The highest BCUT2D eigenvalue weighted by atomic mass is 15.0. The van der Waals surface area contributed by atoms with Crippen LogP contribution in [0.1, 0.15) is 64.3 Å². The van der Waals surface area contributed by atoms with Crippen molar-refractivity contribution in [2.24, 2.45) is 5.92 Å². The number of nitrogens with zero attached hydrogens (tertiary/aromatic N) is 3. The van der Waals surface area contributed by atoms with Crippen molar-refractivity contribution in [2.45, 2.75) is 31.6 Å². The third-order valence-electron chi connectivity index (χ3n) is 13.8. The number of hydrogen-bond acceptors (Lipinski definition) is 3. The minimum Gasteiger partial charge on any atom is -0.208 e. The lowest BCUT2D eigenvalue weighted by Gasteiger charge is -2.34. The van der Waals surface area contributed by atoms with Crippen LogP contribution in [0.3, 0.4) is 0 Å². The zero-order valence-electron chi connectivity index (χ0n) is 37.1. The molecule has 1 unspecified atom stereocenters. The molecule has 0 aliphatic heterocycles. The van der Waals surface area contributed by atoms with E-state index in [4.69, 9.17) is 15.0 Å². The van der Waals surface area contributed by atoms with Gasteiger partial charge in [-0.2, -0.15) is 0 Å². The van der Waals surface area contributed by atoms with Crippen molar-refractivity contribution in [3.05, 3.63) is 269 Å². The molecule has 1 atom stereocenters. The molecular formula is C63H47N3. The molecule has 9 aromatic carbocycles. The van der Waals surface area contributed by atoms with E-state index >= 15 is 0 Å². The van der Waals surface area contributed by atoms with Crippen molar-refractivity contribution in [3.63, 3.8) is 0 Å². The first kappa shape index (κ1) is 39.6. The second-order valence-corrected chi connectivity index (χ2v) is 18.2. The van der Waals surface area contributed by atoms with E-state index in [1.807, 2.05) is 36.4 Å². The highest BCUT2D eigenvalue weighted by Crippen LogP contribution is 2.57. The molecule has 2 aliphatic carbocycles.